The van der Waals surface area contributed by atoms with E-state index < -0.39 is 6.86 Å². The van der Waals surface area contributed by atoms with Gasteiger partial charge in [0.15, 0.2) is 0 Å². The van der Waals surface area contributed by atoms with Crippen LogP contribution in [0.2, 0.25) is 0 Å². The lowest BCUT2D eigenvalue weighted by Crippen LogP contribution is -1.90. The minimum absolute atomic E-state index is 0. The first-order valence-electron chi connectivity index (χ1n) is 2.87. The fourth-order valence-electron chi connectivity index (χ4n) is 0.627. The third-order valence-corrected chi connectivity index (χ3v) is 1.10. The normalized spacial score (nSPS) is 8.45. The van der Waals surface area contributed by atoms with E-state index in [1.165, 1.54) is 0 Å². The Balaban J connectivity index is 0.000001000. The molecule has 2 N–H and O–H groups in total. The predicted molar refractivity (Wildman–Crippen MR) is 44.7 cm³/mol. The minimum Gasteiger partial charge on any atom is -0.463 e. The van der Waals surface area contributed by atoms with Gasteiger partial charge in [-0.25, -0.2) is 4.39 Å². The monoisotopic (exact) mass is 177 g/mol. The number of anilines is 1. The van der Waals surface area contributed by atoms with Crippen LogP contribution in [0.1, 0.15) is 0 Å². The van der Waals surface area contributed by atoms with E-state index in [2.05, 4.69) is 4.74 Å². The van der Waals surface area contributed by atoms with Crippen molar-refractivity contribution >= 4 is 18.1 Å². The van der Waals surface area contributed by atoms with E-state index in [1.807, 2.05) is 0 Å². The van der Waals surface area contributed by atoms with Crippen LogP contribution >= 0.6 is 12.4 Å². The van der Waals surface area contributed by atoms with Crippen molar-refractivity contribution < 1.29 is 9.13 Å². The molecule has 0 saturated carbocycles. The second-order valence-electron chi connectivity index (χ2n) is 1.82. The molecule has 0 spiro atoms. The van der Waals surface area contributed by atoms with E-state index in [0.29, 0.717) is 11.4 Å². The summed E-state index contributed by atoms with van der Waals surface area (Å²) in [6.45, 7) is -0.802. The van der Waals surface area contributed by atoms with Gasteiger partial charge in [-0.2, -0.15) is 0 Å². The highest BCUT2D eigenvalue weighted by atomic mass is 35.5. The molecule has 0 bridgehead atoms. The third kappa shape index (κ3) is 3.09. The molecular formula is C7H9ClFNO. The molecule has 0 aliphatic heterocycles. The molecule has 0 aromatic heterocycles. The number of hydrogen-bond acceptors (Lipinski definition) is 2. The summed E-state index contributed by atoms with van der Waals surface area (Å²) in [5.41, 5.74) is 6.02. The summed E-state index contributed by atoms with van der Waals surface area (Å²) in [5, 5.41) is 0. The van der Waals surface area contributed by atoms with E-state index >= 15 is 0 Å². The molecule has 0 atom stereocenters. The second kappa shape index (κ2) is 4.79. The van der Waals surface area contributed by atoms with Crippen LogP contribution in [0.5, 0.6) is 5.75 Å². The van der Waals surface area contributed by atoms with Gasteiger partial charge in [-0.1, -0.05) is 0 Å². The van der Waals surface area contributed by atoms with Crippen LogP contribution < -0.4 is 10.5 Å². The van der Waals surface area contributed by atoms with Crippen LogP contribution in [0.4, 0.5) is 10.1 Å². The fourth-order valence-corrected chi connectivity index (χ4v) is 0.627. The van der Waals surface area contributed by atoms with Crippen LogP contribution in [0.3, 0.4) is 0 Å². The molecular weight excluding hydrogens is 169 g/mol. The molecule has 2 nitrogen and oxygen atoms in total. The molecule has 0 amide bonds. The van der Waals surface area contributed by atoms with Gasteiger partial charge in [-0.3, -0.25) is 0 Å². The number of nitrogen functional groups attached to an aromatic ring is 1. The van der Waals surface area contributed by atoms with E-state index in [9.17, 15) is 4.39 Å². The number of hydrogen-bond donors (Lipinski definition) is 1. The molecule has 4 heteroatoms. The SMILES string of the molecule is Cl.Nc1ccc(OCF)cc1. The number of rotatable bonds is 2. The van der Waals surface area contributed by atoms with E-state index in [1.54, 1.807) is 24.3 Å². The Kier molecular flexibility index (Phi) is 4.38. The first-order chi connectivity index (χ1) is 4.83. The summed E-state index contributed by atoms with van der Waals surface area (Å²) in [6.07, 6.45) is 0. The fraction of sp³-hybridized carbons (Fsp3) is 0.143. The predicted octanol–water partition coefficient (Wildman–Crippen LogP) is 2.00. The summed E-state index contributed by atoms with van der Waals surface area (Å²) in [6, 6.07) is 6.56. The first-order valence-corrected chi connectivity index (χ1v) is 2.87. The molecule has 11 heavy (non-hydrogen) atoms. The molecule has 1 rings (SSSR count). The largest absolute Gasteiger partial charge is 0.463 e. The molecule has 0 radical (unpaired) electrons. The lowest BCUT2D eigenvalue weighted by atomic mass is 10.3. The van der Waals surface area contributed by atoms with Crippen molar-refractivity contribution in [2.75, 3.05) is 12.6 Å². The summed E-state index contributed by atoms with van der Waals surface area (Å²) in [4.78, 5) is 0. The van der Waals surface area contributed by atoms with Crippen molar-refractivity contribution in [2.24, 2.45) is 0 Å². The van der Waals surface area contributed by atoms with Crippen LogP contribution in [-0.2, 0) is 0 Å². The van der Waals surface area contributed by atoms with Gasteiger partial charge in [0.25, 0.3) is 0 Å². The Morgan fingerprint density at radius 1 is 1.27 bits per heavy atom. The maximum atomic E-state index is 11.5. The minimum atomic E-state index is -0.802. The molecule has 1 aromatic rings. The van der Waals surface area contributed by atoms with Gasteiger partial charge in [0.1, 0.15) is 5.75 Å². The van der Waals surface area contributed by atoms with Gasteiger partial charge < -0.3 is 10.5 Å². The topological polar surface area (TPSA) is 35.2 Å². The van der Waals surface area contributed by atoms with Gasteiger partial charge in [-0.05, 0) is 24.3 Å². The summed E-state index contributed by atoms with van der Waals surface area (Å²) < 4.78 is 16.1. The van der Waals surface area contributed by atoms with E-state index in [-0.39, 0.29) is 12.4 Å². The number of ether oxygens (including phenoxy) is 1. The van der Waals surface area contributed by atoms with E-state index in [0.717, 1.165) is 0 Å². The maximum absolute atomic E-state index is 11.5. The first kappa shape index (κ1) is 10.0. The Bertz CT molecular complexity index is 202. The average molecular weight is 178 g/mol. The Hall–Kier alpha value is -0.960. The van der Waals surface area contributed by atoms with E-state index in [4.69, 9.17) is 5.73 Å². The van der Waals surface area contributed by atoms with Gasteiger partial charge in [-0.15, -0.1) is 12.4 Å². The zero-order valence-corrected chi connectivity index (χ0v) is 6.60. The molecule has 0 fully saturated rings. The van der Waals surface area contributed by atoms with Gasteiger partial charge in [0.2, 0.25) is 6.86 Å². The number of alkyl halides is 1. The Morgan fingerprint density at radius 2 is 1.82 bits per heavy atom. The molecule has 0 aliphatic rings. The lowest BCUT2D eigenvalue weighted by Gasteiger charge is -1.99. The van der Waals surface area contributed by atoms with Crippen LogP contribution in [-0.4, -0.2) is 6.86 Å². The highest BCUT2D eigenvalue weighted by molar-refractivity contribution is 5.85. The van der Waals surface area contributed by atoms with Crippen LogP contribution in [0.15, 0.2) is 24.3 Å². The van der Waals surface area contributed by atoms with Crippen molar-refractivity contribution in [3.05, 3.63) is 24.3 Å². The average Bonchev–Trinajstić information content (AvgIpc) is 1.95. The Morgan fingerprint density at radius 3 is 2.27 bits per heavy atom. The van der Waals surface area contributed by atoms with Crippen molar-refractivity contribution in [3.8, 4) is 5.75 Å². The second-order valence-corrected chi connectivity index (χ2v) is 1.82. The Labute approximate surface area is 70.6 Å². The number of nitrogens with two attached hydrogens (primary N) is 1. The molecule has 0 aliphatic carbocycles. The summed E-state index contributed by atoms with van der Waals surface area (Å²) in [5.74, 6) is 0.497. The van der Waals surface area contributed by atoms with Crippen LogP contribution in [0.25, 0.3) is 0 Å². The summed E-state index contributed by atoms with van der Waals surface area (Å²) in [7, 11) is 0. The van der Waals surface area contributed by atoms with Gasteiger partial charge in [0, 0.05) is 5.69 Å². The molecule has 62 valence electrons. The number of benzene rings is 1. The van der Waals surface area contributed by atoms with Crippen molar-refractivity contribution in [2.45, 2.75) is 0 Å². The standard InChI is InChI=1S/C7H8FNO.ClH/c8-5-10-7-3-1-6(9)2-4-7;/h1-4H,5,9H2;1H. The zero-order chi connectivity index (χ0) is 7.40. The molecule has 0 saturated heterocycles. The molecule has 0 heterocycles. The van der Waals surface area contributed by atoms with Crippen molar-refractivity contribution in [3.63, 3.8) is 0 Å². The highest BCUT2D eigenvalue weighted by Crippen LogP contribution is 2.12. The summed E-state index contributed by atoms with van der Waals surface area (Å²) >= 11 is 0. The zero-order valence-electron chi connectivity index (χ0n) is 5.79. The van der Waals surface area contributed by atoms with Gasteiger partial charge >= 0.3 is 0 Å². The van der Waals surface area contributed by atoms with Crippen LogP contribution in [0, 0.1) is 0 Å². The smallest absolute Gasteiger partial charge is 0.228 e. The third-order valence-electron chi connectivity index (χ3n) is 1.10. The van der Waals surface area contributed by atoms with Gasteiger partial charge in [0.05, 0.1) is 0 Å². The molecule has 1 aromatic carbocycles. The molecule has 0 unspecified atom stereocenters. The number of halogens is 2. The quantitative estimate of drug-likeness (QED) is 0.702. The van der Waals surface area contributed by atoms with Crippen molar-refractivity contribution in [1.82, 2.24) is 0 Å². The highest BCUT2D eigenvalue weighted by Gasteiger charge is 1.89. The maximum Gasteiger partial charge on any atom is 0.228 e. The lowest BCUT2D eigenvalue weighted by molar-refractivity contribution is 0.192. The van der Waals surface area contributed by atoms with Crippen molar-refractivity contribution in [1.29, 1.82) is 0 Å².